The van der Waals surface area contributed by atoms with E-state index in [0.717, 1.165) is 12.5 Å². The van der Waals surface area contributed by atoms with Crippen molar-refractivity contribution in [3.05, 3.63) is 23.0 Å². The molecule has 0 aliphatic carbocycles. The summed E-state index contributed by atoms with van der Waals surface area (Å²) in [4.78, 5) is 4.04. The van der Waals surface area contributed by atoms with Gasteiger partial charge in [-0.1, -0.05) is 11.6 Å². The number of nitrogens with one attached hydrogen (secondary N) is 2. The molecule has 0 spiro atoms. The third-order valence-corrected chi connectivity index (χ3v) is 4.68. The van der Waals surface area contributed by atoms with Crippen LogP contribution in [0.4, 0.5) is 10.1 Å². The van der Waals surface area contributed by atoms with Gasteiger partial charge in [-0.25, -0.2) is 22.5 Å². The average Bonchev–Trinajstić information content (AvgIpc) is 2.84. The van der Waals surface area contributed by atoms with Crippen molar-refractivity contribution >= 4 is 33.3 Å². The topological polar surface area (TPSA) is 79.8 Å². The molecule has 1 aromatic rings. The van der Waals surface area contributed by atoms with Crippen LogP contribution in [0.3, 0.4) is 0 Å². The Morgan fingerprint density at radius 1 is 1.45 bits per heavy atom. The summed E-state index contributed by atoms with van der Waals surface area (Å²) in [5.41, 5.74) is 0.202. The van der Waals surface area contributed by atoms with E-state index < -0.39 is 15.8 Å². The molecule has 9 heteroatoms. The zero-order chi connectivity index (χ0) is 14.3. The summed E-state index contributed by atoms with van der Waals surface area (Å²) < 4.78 is 44.9. The highest BCUT2D eigenvalue weighted by Crippen LogP contribution is 2.30. The van der Waals surface area contributed by atoms with Crippen molar-refractivity contribution in [1.29, 1.82) is 0 Å². The molecule has 2 heterocycles. The summed E-state index contributed by atoms with van der Waals surface area (Å²) in [7, 11) is -3.85. The van der Waals surface area contributed by atoms with Crippen LogP contribution < -0.4 is 10.0 Å². The van der Waals surface area contributed by atoms with E-state index in [9.17, 15) is 12.8 Å². The molecule has 1 fully saturated rings. The fourth-order valence-electron chi connectivity index (χ4n) is 2.05. The van der Waals surface area contributed by atoms with E-state index in [-0.39, 0.29) is 27.6 Å². The van der Waals surface area contributed by atoms with E-state index in [1.54, 1.807) is 0 Å². The number of ether oxygens (including phenoxy) is 1. The molecule has 0 radical (unpaired) electrons. The van der Waals surface area contributed by atoms with Gasteiger partial charge in [-0.15, -0.1) is 0 Å². The van der Waals surface area contributed by atoms with Crippen LogP contribution in [0.15, 0.2) is 22.0 Å². The minimum Gasteiger partial charge on any atom is -0.379 e. The van der Waals surface area contributed by atoms with Gasteiger partial charge in [-0.05, 0) is 18.6 Å². The van der Waals surface area contributed by atoms with Crippen molar-refractivity contribution < 1.29 is 17.5 Å². The zero-order valence-corrected chi connectivity index (χ0v) is 11.8. The van der Waals surface area contributed by atoms with Gasteiger partial charge in [-0.3, -0.25) is 0 Å². The predicted octanol–water partition coefficient (Wildman–Crippen LogP) is 1.33. The summed E-state index contributed by atoms with van der Waals surface area (Å²) >= 11 is 5.67. The Bertz CT molecular complexity index is 686. The monoisotopic (exact) mass is 319 g/mol. The van der Waals surface area contributed by atoms with Crippen LogP contribution in [0.25, 0.3) is 0 Å². The van der Waals surface area contributed by atoms with Crippen molar-refractivity contribution in [1.82, 2.24) is 4.72 Å². The summed E-state index contributed by atoms with van der Waals surface area (Å²) in [5.74, 6) is -0.696. The second-order valence-electron chi connectivity index (χ2n) is 4.49. The van der Waals surface area contributed by atoms with E-state index in [2.05, 4.69) is 15.0 Å². The third-order valence-electron chi connectivity index (χ3n) is 3.01. The van der Waals surface area contributed by atoms with Crippen LogP contribution in [-0.4, -0.2) is 33.6 Å². The third kappa shape index (κ3) is 2.46. The van der Waals surface area contributed by atoms with Gasteiger partial charge in [0.05, 0.1) is 23.4 Å². The smallest absolute Gasteiger partial charge is 0.266 e. The van der Waals surface area contributed by atoms with Gasteiger partial charge in [-0.2, -0.15) is 0 Å². The molecule has 3 rings (SSSR count). The predicted molar refractivity (Wildman–Crippen MR) is 72.0 cm³/mol. The molecule has 1 aromatic carbocycles. The Hall–Kier alpha value is -1.38. The number of sulfonamides is 1. The first kappa shape index (κ1) is 13.6. The second-order valence-corrected chi connectivity index (χ2v) is 6.55. The first-order valence-electron chi connectivity index (χ1n) is 5.90. The molecule has 1 saturated heterocycles. The van der Waals surface area contributed by atoms with E-state index in [1.807, 2.05) is 0 Å². The van der Waals surface area contributed by atoms with E-state index in [0.29, 0.717) is 13.2 Å². The lowest BCUT2D eigenvalue weighted by Gasteiger charge is -2.22. The van der Waals surface area contributed by atoms with Gasteiger partial charge in [0, 0.05) is 6.61 Å². The fourth-order valence-corrected chi connectivity index (χ4v) is 3.34. The van der Waals surface area contributed by atoms with Crippen LogP contribution in [0, 0.1) is 5.82 Å². The molecule has 2 aliphatic heterocycles. The maximum atomic E-state index is 13.4. The minimum absolute atomic E-state index is 0.0932. The second kappa shape index (κ2) is 4.87. The first-order valence-corrected chi connectivity index (χ1v) is 7.76. The van der Waals surface area contributed by atoms with Gasteiger partial charge in [0.1, 0.15) is 10.7 Å². The number of anilines is 1. The highest BCUT2D eigenvalue weighted by atomic mass is 35.5. The number of guanidine groups is 1. The normalized spacial score (nSPS) is 25.9. The van der Waals surface area contributed by atoms with Crippen LogP contribution in [0.1, 0.15) is 6.42 Å². The number of hydrogen-bond acceptors (Lipinski definition) is 4. The van der Waals surface area contributed by atoms with Crippen LogP contribution in [-0.2, 0) is 14.8 Å². The Morgan fingerprint density at radius 2 is 2.25 bits per heavy atom. The molecule has 108 valence electrons. The molecule has 0 amide bonds. The Kier molecular flexibility index (Phi) is 3.31. The van der Waals surface area contributed by atoms with E-state index in [1.165, 1.54) is 6.07 Å². The van der Waals surface area contributed by atoms with Crippen molar-refractivity contribution in [3.8, 4) is 0 Å². The molecular formula is C11H11ClFN3O3S. The number of hydrogen-bond donors (Lipinski definition) is 2. The number of aliphatic imine (C=N–C) groups is 1. The summed E-state index contributed by atoms with van der Waals surface area (Å²) in [6.07, 6.45) is 0.726. The van der Waals surface area contributed by atoms with Gasteiger partial charge >= 0.3 is 0 Å². The van der Waals surface area contributed by atoms with Crippen molar-refractivity contribution in [2.45, 2.75) is 17.4 Å². The Labute approximate surface area is 120 Å². The van der Waals surface area contributed by atoms with Crippen LogP contribution in [0.5, 0.6) is 0 Å². The quantitative estimate of drug-likeness (QED) is 0.818. The Balaban J connectivity index is 2.00. The van der Waals surface area contributed by atoms with Crippen molar-refractivity contribution in [2.75, 3.05) is 18.5 Å². The maximum Gasteiger partial charge on any atom is 0.266 e. The number of nitrogens with zero attached hydrogens (tertiary/aromatic N) is 1. The number of benzene rings is 1. The number of halogens is 2. The fraction of sp³-hybridized carbons (Fsp3) is 0.364. The highest BCUT2D eigenvalue weighted by molar-refractivity contribution is 7.90. The zero-order valence-electron chi connectivity index (χ0n) is 10.2. The minimum atomic E-state index is -3.85. The van der Waals surface area contributed by atoms with Gasteiger partial charge in [0.25, 0.3) is 10.0 Å². The highest BCUT2D eigenvalue weighted by Gasteiger charge is 2.29. The molecule has 0 aromatic heterocycles. The lowest BCUT2D eigenvalue weighted by Crippen LogP contribution is -2.41. The Morgan fingerprint density at radius 3 is 2.95 bits per heavy atom. The standard InChI is InChI=1S/C11H11ClFN3O3S/c12-7-3-9-10(4-8(7)13)20(17,18)16-11(15-9)14-6-1-2-19-5-6/h3-4,6H,1-2,5H2,(H2,14,15,16)/t6-/m1/s1. The average molecular weight is 320 g/mol. The van der Waals surface area contributed by atoms with Gasteiger partial charge < -0.3 is 10.1 Å². The molecular weight excluding hydrogens is 309 g/mol. The van der Waals surface area contributed by atoms with Crippen LogP contribution >= 0.6 is 11.6 Å². The number of rotatable bonds is 1. The molecule has 2 N–H and O–H groups in total. The molecule has 20 heavy (non-hydrogen) atoms. The maximum absolute atomic E-state index is 13.4. The van der Waals surface area contributed by atoms with Gasteiger partial charge in [0.15, 0.2) is 0 Å². The summed E-state index contributed by atoms with van der Waals surface area (Å²) in [5, 5.41) is 2.64. The van der Waals surface area contributed by atoms with E-state index in [4.69, 9.17) is 16.3 Å². The van der Waals surface area contributed by atoms with E-state index >= 15 is 0 Å². The molecule has 2 aliphatic rings. The van der Waals surface area contributed by atoms with Crippen molar-refractivity contribution in [2.24, 2.45) is 4.99 Å². The largest absolute Gasteiger partial charge is 0.379 e. The molecule has 1 atom stereocenters. The molecule has 0 bridgehead atoms. The molecule has 6 nitrogen and oxygen atoms in total. The molecule has 0 saturated carbocycles. The lowest BCUT2D eigenvalue weighted by atomic mass is 10.3. The van der Waals surface area contributed by atoms with Crippen LogP contribution in [0.2, 0.25) is 5.02 Å². The summed E-state index contributed by atoms with van der Waals surface area (Å²) in [6, 6.07) is 2.01. The van der Waals surface area contributed by atoms with Gasteiger partial charge in [0.2, 0.25) is 5.96 Å². The molecule has 0 unspecified atom stereocenters. The first-order chi connectivity index (χ1) is 9.45. The lowest BCUT2D eigenvalue weighted by molar-refractivity contribution is 0.194. The number of fused-ring (bicyclic) bond motifs is 1. The summed E-state index contributed by atoms with van der Waals surface area (Å²) in [6.45, 7) is 1.05. The SMILES string of the molecule is O=S1(=O)NC(=N[C@@H]2CCOC2)Nc2cc(Cl)c(F)cc21. The van der Waals surface area contributed by atoms with Crippen molar-refractivity contribution in [3.63, 3.8) is 0 Å².